The van der Waals surface area contributed by atoms with Gasteiger partial charge in [-0.15, -0.1) is 0 Å². The van der Waals surface area contributed by atoms with E-state index in [9.17, 15) is 22.4 Å². The lowest BCUT2D eigenvalue weighted by Gasteiger charge is -2.36. The summed E-state index contributed by atoms with van der Waals surface area (Å²) in [5.41, 5.74) is 1.77. The van der Waals surface area contributed by atoms with Crippen LogP contribution in [0, 0.1) is 5.82 Å². The van der Waals surface area contributed by atoms with Crippen LogP contribution >= 0.6 is 0 Å². The number of hydrogen-bond acceptors (Lipinski definition) is 5. The minimum atomic E-state index is -3.64. The molecule has 1 aliphatic rings. The van der Waals surface area contributed by atoms with E-state index in [1.807, 2.05) is 42.3 Å². The lowest BCUT2D eigenvalue weighted by Crippen LogP contribution is -2.57. The third-order valence-electron chi connectivity index (χ3n) is 6.08. The minimum Gasteiger partial charge on any atom is -0.342 e. The summed E-state index contributed by atoms with van der Waals surface area (Å²) in [6.45, 7) is 1.33. The molecule has 0 spiro atoms. The number of Topliss-reactive ketones (excluding diaryl/α,β-unsaturated/α-hetero) is 1. The van der Waals surface area contributed by atoms with Gasteiger partial charge in [0.25, 0.3) is 5.91 Å². The molecular formula is C27H28FN3O4S. The van der Waals surface area contributed by atoms with E-state index >= 15 is 0 Å². The Labute approximate surface area is 210 Å². The first-order valence-electron chi connectivity index (χ1n) is 11.6. The van der Waals surface area contributed by atoms with Crippen molar-refractivity contribution < 1.29 is 22.4 Å². The number of hydrogen-bond donors (Lipinski definition) is 2. The zero-order chi connectivity index (χ0) is 25.7. The van der Waals surface area contributed by atoms with Gasteiger partial charge in [0.1, 0.15) is 5.82 Å². The van der Waals surface area contributed by atoms with Crippen LogP contribution in [0.5, 0.6) is 0 Å². The van der Waals surface area contributed by atoms with E-state index in [1.54, 1.807) is 12.1 Å². The van der Waals surface area contributed by atoms with Crippen LogP contribution in [0.4, 0.5) is 4.39 Å². The summed E-state index contributed by atoms with van der Waals surface area (Å²) in [5.74, 6) is -1.15. The van der Waals surface area contributed by atoms with E-state index < -0.39 is 27.8 Å². The summed E-state index contributed by atoms with van der Waals surface area (Å²) < 4.78 is 41.1. The monoisotopic (exact) mass is 509 g/mol. The molecule has 1 heterocycles. The number of amides is 1. The van der Waals surface area contributed by atoms with Crippen LogP contribution in [0.25, 0.3) is 0 Å². The Hall–Kier alpha value is -3.40. The summed E-state index contributed by atoms with van der Waals surface area (Å²) in [7, 11) is -1.72. The number of carbonyl (C=O) groups is 2. The number of nitrogens with zero attached hydrogens (tertiary/aromatic N) is 1. The molecule has 2 N–H and O–H groups in total. The smallest absolute Gasteiger partial charge is 0.251 e. The first kappa shape index (κ1) is 25.7. The van der Waals surface area contributed by atoms with Gasteiger partial charge in [0.05, 0.1) is 10.9 Å². The molecule has 9 heteroatoms. The molecule has 1 aliphatic heterocycles. The molecule has 1 atom stereocenters. The van der Waals surface area contributed by atoms with Crippen molar-refractivity contribution in [3.8, 4) is 0 Å². The number of likely N-dealkylation sites (tertiary alicyclic amines) is 1. The lowest BCUT2D eigenvalue weighted by atomic mass is 9.97. The van der Waals surface area contributed by atoms with Gasteiger partial charge in [0.15, 0.2) is 5.78 Å². The Bertz CT molecular complexity index is 1310. The third-order valence-corrected chi connectivity index (χ3v) is 7.62. The summed E-state index contributed by atoms with van der Waals surface area (Å²) in [5, 5.41) is 2.77. The van der Waals surface area contributed by atoms with Gasteiger partial charge < -0.3 is 10.2 Å². The van der Waals surface area contributed by atoms with Gasteiger partial charge in [-0.1, -0.05) is 42.5 Å². The molecule has 3 aromatic carbocycles. The molecule has 1 saturated heterocycles. The van der Waals surface area contributed by atoms with Crippen LogP contribution in [0.3, 0.4) is 0 Å². The molecule has 1 fully saturated rings. The normalized spacial score (nSPS) is 15.2. The largest absolute Gasteiger partial charge is 0.342 e. The summed E-state index contributed by atoms with van der Waals surface area (Å²) in [6, 6.07) is 19.7. The standard InChI is InChI=1S/C27H28FN3O4S/c1-31-17-23(18-31)30-36(34,35)24-13-7-20(8-14-24)16-26(32)25(15-19-5-3-2-4-6-19)29-27(33)21-9-11-22(28)12-10-21/h2-14,23,25,30H,15-18H2,1H3,(H,29,33)/t25-/m0/s1. The fourth-order valence-corrected chi connectivity index (χ4v) is 5.33. The molecule has 0 bridgehead atoms. The maximum absolute atomic E-state index is 13.2. The average molecular weight is 510 g/mol. The van der Waals surface area contributed by atoms with Crippen LogP contribution in [0.1, 0.15) is 21.5 Å². The molecule has 1 amide bonds. The fourth-order valence-electron chi connectivity index (χ4n) is 4.11. The molecule has 4 rings (SSSR count). The lowest BCUT2D eigenvalue weighted by molar-refractivity contribution is -0.120. The van der Waals surface area contributed by atoms with Gasteiger partial charge in [-0.25, -0.2) is 17.5 Å². The highest BCUT2D eigenvalue weighted by atomic mass is 32.2. The highest BCUT2D eigenvalue weighted by Gasteiger charge is 2.28. The second-order valence-electron chi connectivity index (χ2n) is 9.05. The Kier molecular flexibility index (Phi) is 7.93. The van der Waals surface area contributed by atoms with Crippen LogP contribution in [0.15, 0.2) is 83.8 Å². The third kappa shape index (κ3) is 6.63. The average Bonchev–Trinajstić information content (AvgIpc) is 2.84. The number of ketones is 1. The number of likely N-dealkylation sites (N-methyl/N-ethyl adjacent to an activating group) is 1. The predicted molar refractivity (Wildman–Crippen MR) is 135 cm³/mol. The van der Waals surface area contributed by atoms with Crippen molar-refractivity contribution in [3.05, 3.63) is 101 Å². The highest BCUT2D eigenvalue weighted by Crippen LogP contribution is 2.16. The first-order chi connectivity index (χ1) is 17.2. The van der Waals surface area contributed by atoms with Gasteiger partial charge in [-0.2, -0.15) is 0 Å². The molecule has 0 saturated carbocycles. The molecule has 36 heavy (non-hydrogen) atoms. The van der Waals surface area contributed by atoms with Crippen LogP contribution < -0.4 is 10.0 Å². The number of sulfonamides is 1. The molecule has 3 aromatic rings. The predicted octanol–water partition coefficient (Wildman–Crippen LogP) is 2.57. The quantitative estimate of drug-likeness (QED) is 0.438. The zero-order valence-corrected chi connectivity index (χ0v) is 20.7. The van der Waals surface area contributed by atoms with Crippen molar-refractivity contribution >= 4 is 21.7 Å². The van der Waals surface area contributed by atoms with Gasteiger partial charge in [0, 0.05) is 31.1 Å². The van der Waals surface area contributed by atoms with Crippen LogP contribution in [0.2, 0.25) is 0 Å². The Morgan fingerprint density at radius 2 is 1.58 bits per heavy atom. The topological polar surface area (TPSA) is 95.6 Å². The van der Waals surface area contributed by atoms with Crippen LogP contribution in [-0.4, -0.2) is 57.2 Å². The number of nitrogens with one attached hydrogen (secondary N) is 2. The van der Waals surface area contributed by atoms with E-state index in [4.69, 9.17) is 0 Å². The zero-order valence-electron chi connectivity index (χ0n) is 19.9. The van der Waals surface area contributed by atoms with Gasteiger partial charge >= 0.3 is 0 Å². The van der Waals surface area contributed by atoms with Crippen molar-refractivity contribution in [2.45, 2.75) is 29.8 Å². The van der Waals surface area contributed by atoms with E-state index in [2.05, 4.69) is 10.0 Å². The Morgan fingerprint density at radius 3 is 2.19 bits per heavy atom. The van der Waals surface area contributed by atoms with Crippen molar-refractivity contribution in [2.75, 3.05) is 20.1 Å². The van der Waals surface area contributed by atoms with Crippen molar-refractivity contribution in [1.29, 1.82) is 0 Å². The molecule has 0 unspecified atom stereocenters. The minimum absolute atomic E-state index is 0.0162. The Morgan fingerprint density at radius 1 is 0.944 bits per heavy atom. The number of carbonyl (C=O) groups excluding carboxylic acids is 2. The molecule has 188 valence electrons. The maximum atomic E-state index is 13.2. The van der Waals surface area contributed by atoms with E-state index in [1.165, 1.54) is 36.4 Å². The van der Waals surface area contributed by atoms with Crippen molar-refractivity contribution in [1.82, 2.24) is 14.9 Å². The summed E-state index contributed by atoms with van der Waals surface area (Å²) >= 11 is 0. The molecule has 0 aliphatic carbocycles. The molecule has 0 radical (unpaired) electrons. The number of halogens is 1. The van der Waals surface area contributed by atoms with Gasteiger partial charge in [-0.3, -0.25) is 9.59 Å². The molecule has 0 aromatic heterocycles. The summed E-state index contributed by atoms with van der Waals surface area (Å²) in [4.78, 5) is 28.1. The number of rotatable bonds is 10. The van der Waals surface area contributed by atoms with E-state index in [-0.39, 0.29) is 28.7 Å². The second-order valence-corrected chi connectivity index (χ2v) is 10.8. The summed E-state index contributed by atoms with van der Waals surface area (Å²) in [6.07, 6.45) is 0.307. The highest BCUT2D eigenvalue weighted by molar-refractivity contribution is 7.89. The van der Waals surface area contributed by atoms with Crippen molar-refractivity contribution in [3.63, 3.8) is 0 Å². The van der Waals surface area contributed by atoms with Crippen molar-refractivity contribution in [2.24, 2.45) is 0 Å². The first-order valence-corrected chi connectivity index (χ1v) is 13.1. The van der Waals surface area contributed by atoms with Gasteiger partial charge in [0.2, 0.25) is 10.0 Å². The SMILES string of the molecule is CN1CC(NS(=O)(=O)c2ccc(CC(=O)[C@H](Cc3ccccc3)NC(=O)c3ccc(F)cc3)cc2)C1. The second kappa shape index (κ2) is 11.1. The number of benzene rings is 3. The Balaban J connectivity index is 1.45. The van der Waals surface area contributed by atoms with E-state index in [0.717, 1.165) is 5.56 Å². The van der Waals surface area contributed by atoms with Crippen LogP contribution in [-0.2, 0) is 27.7 Å². The fraction of sp³-hybridized carbons (Fsp3) is 0.259. The molecular weight excluding hydrogens is 481 g/mol. The molecule has 7 nitrogen and oxygen atoms in total. The maximum Gasteiger partial charge on any atom is 0.251 e. The van der Waals surface area contributed by atoms with E-state index in [0.29, 0.717) is 25.1 Å². The van der Waals surface area contributed by atoms with Gasteiger partial charge in [-0.05, 0) is 61.0 Å².